The number of aryl methyl sites for hydroxylation is 1. The summed E-state index contributed by atoms with van der Waals surface area (Å²) < 4.78 is 6.86. The van der Waals surface area contributed by atoms with E-state index in [1.807, 2.05) is 18.3 Å². The van der Waals surface area contributed by atoms with Gasteiger partial charge in [-0.1, -0.05) is 0 Å². The molecule has 4 rings (SSSR count). The fourth-order valence-corrected chi connectivity index (χ4v) is 3.60. The average molecular weight is 355 g/mol. The fourth-order valence-electron chi connectivity index (χ4n) is 3.60. The summed E-state index contributed by atoms with van der Waals surface area (Å²) in [6.45, 7) is 7.09. The van der Waals surface area contributed by atoms with E-state index in [0.717, 1.165) is 38.5 Å². The van der Waals surface area contributed by atoms with Crippen LogP contribution in [0.15, 0.2) is 41.5 Å². The molecule has 2 aliphatic heterocycles. The van der Waals surface area contributed by atoms with Crippen molar-refractivity contribution in [1.29, 1.82) is 0 Å². The number of ether oxygens (including phenoxy) is 1. The molecule has 4 heterocycles. The molecule has 2 fully saturated rings. The van der Waals surface area contributed by atoms with Gasteiger partial charge in [-0.25, -0.2) is 4.98 Å². The minimum atomic E-state index is -0.0666. The zero-order chi connectivity index (χ0) is 18.1. The topological polar surface area (TPSA) is 62.6 Å². The molecule has 0 aromatic carbocycles. The number of nitrogens with zero attached hydrogens (tertiary/aromatic N) is 4. The third-order valence-corrected chi connectivity index (χ3v) is 5.26. The minimum Gasteiger partial charge on any atom is -0.378 e. The molecule has 0 aliphatic carbocycles. The Kier molecular flexibility index (Phi) is 4.65. The van der Waals surface area contributed by atoms with Crippen LogP contribution in [0.1, 0.15) is 6.92 Å². The molecule has 1 N–H and O–H groups in total. The van der Waals surface area contributed by atoms with E-state index in [4.69, 9.17) is 4.74 Å². The Morgan fingerprint density at radius 2 is 2.08 bits per heavy atom. The van der Waals surface area contributed by atoms with Gasteiger partial charge in [-0.15, -0.1) is 0 Å². The summed E-state index contributed by atoms with van der Waals surface area (Å²) in [5, 5.41) is 3.11. The molecule has 2 aromatic rings. The molecule has 0 amide bonds. The van der Waals surface area contributed by atoms with Gasteiger partial charge in [-0.05, 0) is 31.2 Å². The first-order valence-corrected chi connectivity index (χ1v) is 9.09. The summed E-state index contributed by atoms with van der Waals surface area (Å²) in [5.41, 5.74) is 1.58. The fraction of sp³-hybridized carbons (Fsp3) is 0.474. The van der Waals surface area contributed by atoms with Crippen molar-refractivity contribution in [2.45, 2.75) is 19.0 Å². The van der Waals surface area contributed by atoms with Crippen LogP contribution < -0.4 is 15.8 Å². The van der Waals surface area contributed by atoms with Crippen molar-refractivity contribution in [3.05, 3.63) is 47.0 Å². The van der Waals surface area contributed by atoms with E-state index in [2.05, 4.69) is 33.1 Å². The summed E-state index contributed by atoms with van der Waals surface area (Å²) >= 11 is 0. The Morgan fingerprint density at radius 1 is 1.23 bits per heavy atom. The molecule has 7 heteroatoms. The highest BCUT2D eigenvalue weighted by Crippen LogP contribution is 2.24. The molecule has 0 spiro atoms. The molecule has 2 aliphatic rings. The third kappa shape index (κ3) is 3.32. The second kappa shape index (κ2) is 7.09. The lowest BCUT2D eigenvalue weighted by atomic mass is 10.1. The molecule has 0 radical (unpaired) electrons. The van der Waals surface area contributed by atoms with E-state index in [1.54, 1.807) is 23.9 Å². The lowest BCUT2D eigenvalue weighted by Crippen LogP contribution is -2.59. The van der Waals surface area contributed by atoms with Gasteiger partial charge in [-0.2, -0.15) is 0 Å². The number of anilines is 3. The largest absolute Gasteiger partial charge is 0.378 e. The van der Waals surface area contributed by atoms with Crippen molar-refractivity contribution < 1.29 is 4.74 Å². The zero-order valence-electron chi connectivity index (χ0n) is 15.3. The highest BCUT2D eigenvalue weighted by molar-refractivity contribution is 5.58. The van der Waals surface area contributed by atoms with Gasteiger partial charge >= 0.3 is 0 Å². The van der Waals surface area contributed by atoms with E-state index in [-0.39, 0.29) is 5.56 Å². The number of hydrogen-bond acceptors (Lipinski definition) is 6. The third-order valence-electron chi connectivity index (χ3n) is 5.26. The molecule has 138 valence electrons. The second-order valence-corrected chi connectivity index (χ2v) is 7.09. The number of pyridine rings is 2. The molecule has 0 bridgehead atoms. The molecular formula is C19H25N5O2. The molecule has 2 saturated heterocycles. The van der Waals surface area contributed by atoms with E-state index in [9.17, 15) is 4.79 Å². The Morgan fingerprint density at radius 3 is 2.73 bits per heavy atom. The molecule has 7 nitrogen and oxygen atoms in total. The van der Waals surface area contributed by atoms with Crippen LogP contribution in [-0.2, 0) is 11.8 Å². The summed E-state index contributed by atoms with van der Waals surface area (Å²) in [7, 11) is 1.74. The summed E-state index contributed by atoms with van der Waals surface area (Å²) in [4.78, 5) is 21.5. The van der Waals surface area contributed by atoms with E-state index in [0.29, 0.717) is 23.6 Å². The van der Waals surface area contributed by atoms with Crippen LogP contribution in [0.25, 0.3) is 0 Å². The Hall–Kier alpha value is -2.38. The smallest absolute Gasteiger partial charge is 0.274 e. The van der Waals surface area contributed by atoms with Gasteiger partial charge in [0, 0.05) is 38.9 Å². The van der Waals surface area contributed by atoms with E-state index >= 15 is 0 Å². The predicted molar refractivity (Wildman–Crippen MR) is 102 cm³/mol. The molecule has 1 atom stereocenters. The molecule has 0 saturated carbocycles. The second-order valence-electron chi connectivity index (χ2n) is 7.09. The Balaban J connectivity index is 1.43. The zero-order valence-corrected chi connectivity index (χ0v) is 15.3. The number of piperazine rings is 1. The van der Waals surface area contributed by atoms with E-state index < -0.39 is 0 Å². The van der Waals surface area contributed by atoms with Crippen LogP contribution in [0.4, 0.5) is 17.2 Å². The van der Waals surface area contributed by atoms with Crippen LogP contribution >= 0.6 is 0 Å². The summed E-state index contributed by atoms with van der Waals surface area (Å²) in [5.74, 6) is 0.676. The molecule has 2 aromatic heterocycles. The lowest BCUT2D eigenvalue weighted by Gasteiger charge is -2.46. The highest BCUT2D eigenvalue weighted by atomic mass is 16.5. The van der Waals surface area contributed by atoms with Crippen molar-refractivity contribution in [1.82, 2.24) is 14.5 Å². The number of hydrogen-bond donors (Lipinski definition) is 1. The highest BCUT2D eigenvalue weighted by Gasteiger charge is 2.32. The molecule has 26 heavy (non-hydrogen) atoms. The van der Waals surface area contributed by atoms with Gasteiger partial charge < -0.3 is 19.5 Å². The van der Waals surface area contributed by atoms with Crippen molar-refractivity contribution in [2.75, 3.05) is 43.1 Å². The summed E-state index contributed by atoms with van der Waals surface area (Å²) in [6.07, 6.45) is 3.62. The lowest BCUT2D eigenvalue weighted by molar-refractivity contribution is -0.0691. The van der Waals surface area contributed by atoms with Crippen LogP contribution in [0.5, 0.6) is 0 Å². The Labute approximate surface area is 153 Å². The number of nitrogens with one attached hydrogen (secondary N) is 1. The Bertz CT molecular complexity index is 815. The van der Waals surface area contributed by atoms with Gasteiger partial charge in [0.15, 0.2) is 0 Å². The maximum absolute atomic E-state index is 12.1. The first-order chi connectivity index (χ1) is 12.6. The van der Waals surface area contributed by atoms with Crippen LogP contribution in [-0.4, -0.2) is 59.4 Å². The van der Waals surface area contributed by atoms with Gasteiger partial charge in [0.05, 0.1) is 31.1 Å². The quantitative estimate of drug-likeness (QED) is 0.895. The van der Waals surface area contributed by atoms with Crippen molar-refractivity contribution in [3.63, 3.8) is 0 Å². The van der Waals surface area contributed by atoms with Crippen LogP contribution in [0.2, 0.25) is 0 Å². The van der Waals surface area contributed by atoms with E-state index in [1.165, 1.54) is 0 Å². The number of aromatic nitrogens is 2. The van der Waals surface area contributed by atoms with Crippen molar-refractivity contribution >= 4 is 17.2 Å². The van der Waals surface area contributed by atoms with Crippen molar-refractivity contribution in [3.8, 4) is 0 Å². The number of rotatable bonds is 4. The maximum Gasteiger partial charge on any atom is 0.274 e. The van der Waals surface area contributed by atoms with Gasteiger partial charge in [0.25, 0.3) is 5.56 Å². The molecular weight excluding hydrogens is 330 g/mol. The SMILES string of the molecule is C[C@H]1CN(C2COC2)CCN1c1ccc(Nc2cccn(C)c2=O)nc1. The summed E-state index contributed by atoms with van der Waals surface area (Å²) in [6, 6.07) is 8.64. The van der Waals surface area contributed by atoms with Gasteiger partial charge in [0.2, 0.25) is 0 Å². The van der Waals surface area contributed by atoms with Crippen LogP contribution in [0, 0.1) is 0 Å². The first-order valence-electron chi connectivity index (χ1n) is 9.09. The van der Waals surface area contributed by atoms with Gasteiger partial charge in [-0.3, -0.25) is 9.69 Å². The molecule has 0 unspecified atom stereocenters. The monoisotopic (exact) mass is 355 g/mol. The van der Waals surface area contributed by atoms with Crippen molar-refractivity contribution in [2.24, 2.45) is 7.05 Å². The minimum absolute atomic E-state index is 0.0666. The standard InChI is InChI=1S/C19H25N5O2/c1-14-11-23(16-12-26-13-16)8-9-24(14)15-5-6-18(20-10-15)21-17-4-3-7-22(2)19(17)25/h3-7,10,14,16H,8-9,11-13H2,1-2H3,(H,20,21)/t14-/m0/s1. The maximum atomic E-state index is 12.1. The normalized spacial score (nSPS) is 21.5. The first kappa shape index (κ1) is 17.1. The van der Waals surface area contributed by atoms with Gasteiger partial charge in [0.1, 0.15) is 11.5 Å². The predicted octanol–water partition coefficient (Wildman–Crippen LogP) is 1.43. The van der Waals surface area contributed by atoms with Crippen LogP contribution in [0.3, 0.4) is 0 Å². The average Bonchev–Trinajstić information content (AvgIpc) is 2.59.